The van der Waals surface area contributed by atoms with Crippen LogP contribution in [0.25, 0.3) is 0 Å². The number of nitrogens with one attached hydrogen (secondary N) is 1. The molecular weight excluding hydrogens is 254 g/mol. The minimum atomic E-state index is 0.0653. The van der Waals surface area contributed by atoms with Gasteiger partial charge in [-0.25, -0.2) is 0 Å². The lowest BCUT2D eigenvalue weighted by molar-refractivity contribution is -0.131. The molecule has 5 nitrogen and oxygen atoms in total. The van der Waals surface area contributed by atoms with Gasteiger partial charge in [-0.15, -0.1) is 0 Å². The first-order chi connectivity index (χ1) is 9.67. The van der Waals surface area contributed by atoms with Crippen LogP contribution in [0.2, 0.25) is 0 Å². The molecule has 1 N–H and O–H groups in total. The highest BCUT2D eigenvalue weighted by Crippen LogP contribution is 2.28. The maximum Gasteiger partial charge on any atom is 0.228 e. The summed E-state index contributed by atoms with van der Waals surface area (Å²) in [5.74, 6) is 0.295. The van der Waals surface area contributed by atoms with Gasteiger partial charge in [0.05, 0.1) is 6.42 Å². The second-order valence-corrected chi connectivity index (χ2v) is 5.29. The van der Waals surface area contributed by atoms with Crippen molar-refractivity contribution < 1.29 is 9.59 Å². The maximum atomic E-state index is 11.7. The van der Waals surface area contributed by atoms with Gasteiger partial charge in [0, 0.05) is 44.0 Å². The Bertz CT molecular complexity index is 548. The third-order valence-electron chi connectivity index (χ3n) is 4.01. The van der Waals surface area contributed by atoms with Crippen molar-refractivity contribution in [3.63, 3.8) is 0 Å². The summed E-state index contributed by atoms with van der Waals surface area (Å²) < 4.78 is 0. The Morgan fingerprint density at radius 1 is 1.25 bits per heavy atom. The Hall–Kier alpha value is -2.04. The third-order valence-corrected chi connectivity index (χ3v) is 4.01. The highest BCUT2D eigenvalue weighted by atomic mass is 16.2. The van der Waals surface area contributed by atoms with E-state index in [0.29, 0.717) is 12.8 Å². The molecule has 1 aromatic carbocycles. The van der Waals surface area contributed by atoms with Gasteiger partial charge in [0.25, 0.3) is 0 Å². The quantitative estimate of drug-likeness (QED) is 0.882. The number of carbonyl (C=O) groups excluding carboxylic acids is 2. The lowest BCUT2D eigenvalue weighted by atomic mass is 10.1. The Morgan fingerprint density at radius 2 is 2.00 bits per heavy atom. The summed E-state index contributed by atoms with van der Waals surface area (Å²) in [6, 6.07) is 6.10. The molecule has 3 rings (SSSR count). The number of anilines is 2. The van der Waals surface area contributed by atoms with Gasteiger partial charge in [-0.1, -0.05) is 6.92 Å². The van der Waals surface area contributed by atoms with Crippen molar-refractivity contribution >= 4 is 23.2 Å². The molecule has 106 valence electrons. The van der Waals surface area contributed by atoms with E-state index in [-0.39, 0.29) is 11.8 Å². The summed E-state index contributed by atoms with van der Waals surface area (Å²) in [7, 11) is 0. The van der Waals surface area contributed by atoms with Crippen molar-refractivity contribution in [3.05, 3.63) is 23.8 Å². The molecule has 0 unspecified atom stereocenters. The van der Waals surface area contributed by atoms with E-state index >= 15 is 0 Å². The van der Waals surface area contributed by atoms with E-state index in [0.717, 1.165) is 43.1 Å². The van der Waals surface area contributed by atoms with Crippen LogP contribution < -0.4 is 10.2 Å². The predicted molar refractivity (Wildman–Crippen MR) is 77.9 cm³/mol. The second kappa shape index (κ2) is 5.15. The number of nitrogens with zero attached hydrogens (tertiary/aromatic N) is 2. The summed E-state index contributed by atoms with van der Waals surface area (Å²) in [4.78, 5) is 27.2. The molecule has 0 atom stereocenters. The van der Waals surface area contributed by atoms with Gasteiger partial charge < -0.3 is 15.1 Å². The number of piperazine rings is 1. The third kappa shape index (κ3) is 2.35. The minimum Gasteiger partial charge on any atom is -0.368 e. The maximum absolute atomic E-state index is 11.7. The number of carbonyl (C=O) groups is 2. The lowest BCUT2D eigenvalue weighted by Crippen LogP contribution is -2.48. The van der Waals surface area contributed by atoms with E-state index in [1.165, 1.54) is 0 Å². The van der Waals surface area contributed by atoms with Crippen molar-refractivity contribution in [2.45, 2.75) is 19.8 Å². The molecule has 2 aliphatic heterocycles. The van der Waals surface area contributed by atoms with Crippen molar-refractivity contribution in [3.8, 4) is 0 Å². The average molecular weight is 273 g/mol. The number of fused-ring (bicyclic) bond motifs is 1. The highest BCUT2D eigenvalue weighted by molar-refractivity contribution is 5.99. The van der Waals surface area contributed by atoms with Gasteiger partial charge in [0.15, 0.2) is 0 Å². The van der Waals surface area contributed by atoms with Gasteiger partial charge in [-0.3, -0.25) is 9.59 Å². The molecule has 0 saturated carbocycles. The molecule has 20 heavy (non-hydrogen) atoms. The van der Waals surface area contributed by atoms with Crippen molar-refractivity contribution in [2.24, 2.45) is 0 Å². The van der Waals surface area contributed by atoms with Gasteiger partial charge in [0.1, 0.15) is 0 Å². The molecule has 0 bridgehead atoms. The molecule has 2 heterocycles. The van der Waals surface area contributed by atoms with Gasteiger partial charge in [-0.05, 0) is 23.8 Å². The molecular formula is C15H19N3O2. The molecule has 0 aromatic heterocycles. The zero-order chi connectivity index (χ0) is 14.1. The van der Waals surface area contributed by atoms with Crippen LogP contribution in [0.3, 0.4) is 0 Å². The summed E-state index contributed by atoms with van der Waals surface area (Å²) >= 11 is 0. The predicted octanol–water partition coefficient (Wildman–Crippen LogP) is 1.24. The zero-order valence-corrected chi connectivity index (χ0v) is 11.7. The van der Waals surface area contributed by atoms with E-state index in [9.17, 15) is 9.59 Å². The summed E-state index contributed by atoms with van der Waals surface area (Å²) in [6.45, 7) is 5.17. The van der Waals surface area contributed by atoms with E-state index in [1.807, 2.05) is 24.0 Å². The molecule has 0 radical (unpaired) electrons. The first kappa shape index (κ1) is 13.0. The molecule has 1 fully saturated rings. The summed E-state index contributed by atoms with van der Waals surface area (Å²) in [5, 5.41) is 2.85. The number of amides is 2. The molecule has 2 amide bonds. The van der Waals surface area contributed by atoms with Gasteiger partial charge >= 0.3 is 0 Å². The van der Waals surface area contributed by atoms with E-state index in [1.54, 1.807) is 0 Å². The Morgan fingerprint density at radius 3 is 2.70 bits per heavy atom. The number of benzene rings is 1. The fourth-order valence-electron chi connectivity index (χ4n) is 2.85. The van der Waals surface area contributed by atoms with Crippen LogP contribution in [0.1, 0.15) is 18.9 Å². The van der Waals surface area contributed by atoms with Crippen LogP contribution in [-0.4, -0.2) is 42.9 Å². The second-order valence-electron chi connectivity index (χ2n) is 5.29. The Kier molecular flexibility index (Phi) is 3.34. The molecule has 1 saturated heterocycles. The highest BCUT2D eigenvalue weighted by Gasteiger charge is 2.22. The normalized spacial score (nSPS) is 17.9. The van der Waals surface area contributed by atoms with E-state index in [4.69, 9.17) is 0 Å². The first-order valence-electron chi connectivity index (χ1n) is 7.13. The minimum absolute atomic E-state index is 0.0653. The smallest absolute Gasteiger partial charge is 0.228 e. The van der Waals surface area contributed by atoms with Crippen LogP contribution >= 0.6 is 0 Å². The van der Waals surface area contributed by atoms with Crippen molar-refractivity contribution in [1.29, 1.82) is 0 Å². The van der Waals surface area contributed by atoms with Gasteiger partial charge in [-0.2, -0.15) is 0 Å². The van der Waals surface area contributed by atoms with E-state index in [2.05, 4.69) is 16.3 Å². The topological polar surface area (TPSA) is 52.7 Å². The fourth-order valence-corrected chi connectivity index (χ4v) is 2.85. The monoisotopic (exact) mass is 273 g/mol. The molecule has 0 aliphatic carbocycles. The molecule has 0 spiro atoms. The Labute approximate surface area is 118 Å². The van der Waals surface area contributed by atoms with Crippen LogP contribution in [0.15, 0.2) is 18.2 Å². The molecule has 1 aromatic rings. The SMILES string of the molecule is CCC(=O)N1CCN(c2ccc3c(c2)CC(=O)N3)CC1. The summed E-state index contributed by atoms with van der Waals surface area (Å²) in [6.07, 6.45) is 1.05. The largest absolute Gasteiger partial charge is 0.368 e. The van der Waals surface area contributed by atoms with Gasteiger partial charge in [0.2, 0.25) is 11.8 Å². The van der Waals surface area contributed by atoms with Crippen LogP contribution in [0.5, 0.6) is 0 Å². The number of rotatable bonds is 2. The molecule has 2 aliphatic rings. The first-order valence-corrected chi connectivity index (χ1v) is 7.13. The number of hydrogen-bond acceptors (Lipinski definition) is 3. The Balaban J connectivity index is 1.68. The van der Waals surface area contributed by atoms with Crippen LogP contribution in [0.4, 0.5) is 11.4 Å². The number of hydrogen-bond donors (Lipinski definition) is 1. The van der Waals surface area contributed by atoms with Crippen molar-refractivity contribution in [1.82, 2.24) is 4.90 Å². The average Bonchev–Trinajstić information content (AvgIpc) is 2.85. The fraction of sp³-hybridized carbons (Fsp3) is 0.467. The summed E-state index contributed by atoms with van der Waals surface area (Å²) in [5.41, 5.74) is 3.14. The van der Waals surface area contributed by atoms with Crippen LogP contribution in [0, 0.1) is 0 Å². The molecule has 5 heteroatoms. The van der Waals surface area contributed by atoms with E-state index < -0.39 is 0 Å². The van der Waals surface area contributed by atoms with Crippen LogP contribution in [-0.2, 0) is 16.0 Å². The van der Waals surface area contributed by atoms with Crippen molar-refractivity contribution in [2.75, 3.05) is 36.4 Å². The zero-order valence-electron chi connectivity index (χ0n) is 11.7. The lowest BCUT2D eigenvalue weighted by Gasteiger charge is -2.36. The standard InChI is InChI=1S/C15H19N3O2/c1-2-15(20)18-7-5-17(6-8-18)12-3-4-13-11(9-12)10-14(19)16-13/h3-4,9H,2,5-8,10H2,1H3,(H,16,19).